The fourth-order valence-electron chi connectivity index (χ4n) is 2.80. The molecular formula is C18H19BrN4O6S. The molecule has 2 aromatic rings. The van der Waals surface area contributed by atoms with E-state index in [4.69, 9.17) is 4.42 Å². The first kappa shape index (κ1) is 22.0. The highest BCUT2D eigenvalue weighted by atomic mass is 79.9. The molecule has 0 unspecified atom stereocenters. The summed E-state index contributed by atoms with van der Waals surface area (Å²) in [5.41, 5.74) is 4.41. The fourth-order valence-corrected chi connectivity index (χ4v) is 4.67. The molecule has 0 aliphatic carbocycles. The third-order valence-electron chi connectivity index (χ3n) is 4.32. The van der Waals surface area contributed by atoms with Crippen LogP contribution in [0.2, 0.25) is 0 Å². The molecule has 1 aromatic carbocycles. The standard InChI is InChI=1S/C18H19BrN4O6S/c19-15-7-6-14(29-15)18(26)20-11-16(24)21-22-17(25)12-4-3-5-13(10-12)30(27,28)23-8-1-2-9-23/h3-7,10H,1-2,8-9,11H2,(H,20,26)(H,21,24)(H,22,25). The van der Waals surface area contributed by atoms with Crippen LogP contribution in [0.25, 0.3) is 0 Å². The van der Waals surface area contributed by atoms with Crippen molar-refractivity contribution in [3.63, 3.8) is 0 Å². The highest BCUT2D eigenvalue weighted by Crippen LogP contribution is 2.21. The van der Waals surface area contributed by atoms with Crippen LogP contribution in [0.15, 0.2) is 50.4 Å². The van der Waals surface area contributed by atoms with E-state index in [2.05, 4.69) is 32.1 Å². The Balaban J connectivity index is 1.53. The Morgan fingerprint density at radius 2 is 1.77 bits per heavy atom. The summed E-state index contributed by atoms with van der Waals surface area (Å²) < 4.78 is 32.0. The average Bonchev–Trinajstić information content (AvgIpc) is 3.42. The van der Waals surface area contributed by atoms with Gasteiger partial charge in [-0.25, -0.2) is 8.42 Å². The molecule has 10 nitrogen and oxygen atoms in total. The van der Waals surface area contributed by atoms with Crippen LogP contribution in [-0.2, 0) is 14.8 Å². The Morgan fingerprint density at radius 3 is 2.43 bits per heavy atom. The lowest BCUT2D eigenvalue weighted by atomic mass is 10.2. The van der Waals surface area contributed by atoms with Crippen molar-refractivity contribution in [1.82, 2.24) is 20.5 Å². The van der Waals surface area contributed by atoms with Crippen molar-refractivity contribution in [3.8, 4) is 0 Å². The van der Waals surface area contributed by atoms with Gasteiger partial charge in [-0.3, -0.25) is 25.2 Å². The molecule has 160 valence electrons. The lowest BCUT2D eigenvalue weighted by Gasteiger charge is -2.16. The molecule has 0 atom stereocenters. The number of furan rings is 1. The first-order valence-electron chi connectivity index (χ1n) is 9.00. The summed E-state index contributed by atoms with van der Waals surface area (Å²) in [6, 6.07) is 8.54. The molecule has 3 N–H and O–H groups in total. The number of nitrogens with zero attached hydrogens (tertiary/aromatic N) is 1. The quantitative estimate of drug-likeness (QED) is 0.508. The molecule has 30 heavy (non-hydrogen) atoms. The average molecular weight is 499 g/mol. The summed E-state index contributed by atoms with van der Waals surface area (Å²) in [4.78, 5) is 35.9. The van der Waals surface area contributed by atoms with Gasteiger partial charge < -0.3 is 9.73 Å². The van der Waals surface area contributed by atoms with E-state index in [1.807, 2.05) is 0 Å². The van der Waals surface area contributed by atoms with Crippen LogP contribution >= 0.6 is 15.9 Å². The second-order valence-electron chi connectivity index (χ2n) is 6.43. The predicted octanol–water partition coefficient (Wildman–Crippen LogP) is 1.02. The van der Waals surface area contributed by atoms with Gasteiger partial charge in [-0.05, 0) is 59.1 Å². The van der Waals surface area contributed by atoms with Gasteiger partial charge in [-0.15, -0.1) is 0 Å². The van der Waals surface area contributed by atoms with Crippen molar-refractivity contribution >= 4 is 43.7 Å². The van der Waals surface area contributed by atoms with Gasteiger partial charge in [-0.1, -0.05) is 6.07 Å². The van der Waals surface area contributed by atoms with Crippen LogP contribution in [0.3, 0.4) is 0 Å². The zero-order valence-electron chi connectivity index (χ0n) is 15.7. The van der Waals surface area contributed by atoms with Gasteiger partial charge in [0, 0.05) is 18.7 Å². The van der Waals surface area contributed by atoms with Gasteiger partial charge >= 0.3 is 0 Å². The minimum atomic E-state index is -3.66. The number of sulfonamides is 1. The van der Waals surface area contributed by atoms with Crippen molar-refractivity contribution in [1.29, 1.82) is 0 Å². The van der Waals surface area contributed by atoms with E-state index in [9.17, 15) is 22.8 Å². The zero-order chi connectivity index (χ0) is 21.7. The van der Waals surface area contributed by atoms with Crippen molar-refractivity contribution in [2.75, 3.05) is 19.6 Å². The summed E-state index contributed by atoms with van der Waals surface area (Å²) in [7, 11) is -3.66. The van der Waals surface area contributed by atoms with Gasteiger partial charge in [0.1, 0.15) is 0 Å². The van der Waals surface area contributed by atoms with E-state index in [0.717, 1.165) is 12.8 Å². The maximum Gasteiger partial charge on any atom is 0.287 e. The number of benzene rings is 1. The Kier molecular flexibility index (Phi) is 6.90. The van der Waals surface area contributed by atoms with E-state index < -0.39 is 34.3 Å². The van der Waals surface area contributed by atoms with E-state index in [0.29, 0.717) is 17.8 Å². The Labute approximate surface area is 181 Å². The number of hydrazine groups is 1. The topological polar surface area (TPSA) is 138 Å². The van der Waals surface area contributed by atoms with Crippen molar-refractivity contribution in [2.45, 2.75) is 17.7 Å². The van der Waals surface area contributed by atoms with E-state index in [-0.39, 0.29) is 16.2 Å². The van der Waals surface area contributed by atoms with Crippen molar-refractivity contribution in [3.05, 3.63) is 52.4 Å². The Morgan fingerprint density at radius 1 is 1.03 bits per heavy atom. The van der Waals surface area contributed by atoms with Crippen molar-refractivity contribution in [2.24, 2.45) is 0 Å². The monoisotopic (exact) mass is 498 g/mol. The highest BCUT2D eigenvalue weighted by molar-refractivity contribution is 9.10. The van der Waals surface area contributed by atoms with Crippen LogP contribution in [0.4, 0.5) is 0 Å². The minimum Gasteiger partial charge on any atom is -0.444 e. The largest absolute Gasteiger partial charge is 0.444 e. The van der Waals surface area contributed by atoms with Gasteiger partial charge in [-0.2, -0.15) is 4.31 Å². The second kappa shape index (κ2) is 9.41. The molecule has 1 aliphatic heterocycles. The lowest BCUT2D eigenvalue weighted by Crippen LogP contribution is -2.46. The third kappa shape index (κ3) is 5.26. The van der Waals surface area contributed by atoms with E-state index >= 15 is 0 Å². The maximum atomic E-state index is 12.6. The minimum absolute atomic E-state index is 0.0141. The van der Waals surface area contributed by atoms with Crippen LogP contribution in [-0.4, -0.2) is 50.1 Å². The number of amides is 3. The van der Waals surface area contributed by atoms with Gasteiger partial charge in [0.05, 0.1) is 11.4 Å². The molecule has 1 saturated heterocycles. The summed E-state index contributed by atoms with van der Waals surface area (Å²) in [6.45, 7) is 0.506. The molecule has 3 amide bonds. The molecule has 1 fully saturated rings. The molecule has 0 spiro atoms. The summed E-state index contributed by atoms with van der Waals surface area (Å²) in [5.74, 6) is -1.94. The molecule has 12 heteroatoms. The number of carbonyl (C=O) groups excluding carboxylic acids is 3. The smallest absolute Gasteiger partial charge is 0.287 e. The van der Waals surface area contributed by atoms with Crippen LogP contribution in [0.1, 0.15) is 33.8 Å². The molecule has 1 aliphatic rings. The first-order chi connectivity index (χ1) is 14.3. The highest BCUT2D eigenvalue weighted by Gasteiger charge is 2.27. The normalized spacial score (nSPS) is 14.3. The lowest BCUT2D eigenvalue weighted by molar-refractivity contribution is -0.120. The van der Waals surface area contributed by atoms with Crippen molar-refractivity contribution < 1.29 is 27.2 Å². The van der Waals surface area contributed by atoms with Gasteiger partial charge in [0.25, 0.3) is 17.7 Å². The van der Waals surface area contributed by atoms with Gasteiger partial charge in [0.2, 0.25) is 10.0 Å². The number of rotatable bonds is 6. The maximum absolute atomic E-state index is 12.6. The Hall–Kier alpha value is -2.70. The van der Waals surface area contributed by atoms with Crippen LogP contribution in [0, 0.1) is 0 Å². The fraction of sp³-hybridized carbons (Fsp3) is 0.278. The zero-order valence-corrected chi connectivity index (χ0v) is 18.1. The molecule has 1 aromatic heterocycles. The molecule has 2 heterocycles. The second-order valence-corrected chi connectivity index (χ2v) is 9.15. The molecule has 0 bridgehead atoms. The molecule has 0 saturated carbocycles. The number of hydrogen-bond acceptors (Lipinski definition) is 6. The molecular weight excluding hydrogens is 480 g/mol. The number of nitrogens with one attached hydrogen (secondary N) is 3. The molecule has 0 radical (unpaired) electrons. The van der Waals surface area contributed by atoms with Crippen LogP contribution in [0.5, 0.6) is 0 Å². The van der Waals surface area contributed by atoms with Gasteiger partial charge in [0.15, 0.2) is 10.4 Å². The Bertz CT molecular complexity index is 1060. The SMILES string of the molecule is O=C(CNC(=O)c1ccc(Br)o1)NNC(=O)c1cccc(S(=O)(=O)N2CCCC2)c1. The molecule has 3 rings (SSSR count). The number of halogens is 1. The third-order valence-corrected chi connectivity index (χ3v) is 6.64. The predicted molar refractivity (Wildman–Crippen MR) is 109 cm³/mol. The number of carbonyl (C=O) groups is 3. The summed E-state index contributed by atoms with van der Waals surface area (Å²) in [5, 5.41) is 2.33. The number of hydrogen-bond donors (Lipinski definition) is 3. The van der Waals surface area contributed by atoms with E-state index in [1.165, 1.54) is 40.7 Å². The summed E-state index contributed by atoms with van der Waals surface area (Å²) in [6.07, 6.45) is 1.61. The summed E-state index contributed by atoms with van der Waals surface area (Å²) >= 11 is 3.07. The van der Waals surface area contributed by atoms with E-state index in [1.54, 1.807) is 0 Å². The first-order valence-corrected chi connectivity index (χ1v) is 11.2. The van der Waals surface area contributed by atoms with Crippen LogP contribution < -0.4 is 16.2 Å².